The molecule has 0 amide bonds. The number of anilines is 1. The lowest BCUT2D eigenvalue weighted by molar-refractivity contribution is 0.0657. The zero-order chi connectivity index (χ0) is 11.8. The molecule has 1 aromatic rings. The van der Waals surface area contributed by atoms with E-state index in [2.05, 4.69) is 35.1 Å². The quantitative estimate of drug-likeness (QED) is 0.889. The molecule has 0 aromatic heterocycles. The van der Waals surface area contributed by atoms with Crippen molar-refractivity contribution < 1.29 is 9.13 Å². The highest BCUT2D eigenvalue weighted by atomic mass is 79.9. The summed E-state index contributed by atoms with van der Waals surface area (Å²) in [6.07, 6.45) is 1.80. The summed E-state index contributed by atoms with van der Waals surface area (Å²) in [7, 11) is 0. The van der Waals surface area contributed by atoms with E-state index in [-0.39, 0.29) is 11.4 Å². The van der Waals surface area contributed by atoms with Crippen molar-refractivity contribution in [1.82, 2.24) is 0 Å². The molecule has 1 aliphatic heterocycles. The summed E-state index contributed by atoms with van der Waals surface area (Å²) in [5.74, 6) is 0.304. The van der Waals surface area contributed by atoms with Crippen molar-refractivity contribution in [3.63, 3.8) is 0 Å². The van der Waals surface area contributed by atoms with Crippen molar-refractivity contribution in [3.05, 3.63) is 22.4 Å². The van der Waals surface area contributed by atoms with E-state index in [1.165, 1.54) is 6.07 Å². The van der Waals surface area contributed by atoms with E-state index in [1.54, 1.807) is 6.07 Å². The van der Waals surface area contributed by atoms with E-state index >= 15 is 0 Å². The minimum atomic E-state index is -0.288. The number of hydrogen-bond donors (Lipinski definition) is 1. The van der Waals surface area contributed by atoms with E-state index < -0.39 is 0 Å². The maximum absolute atomic E-state index is 13.4. The van der Waals surface area contributed by atoms with Crippen LogP contribution in [0.15, 0.2) is 16.6 Å². The molecule has 2 rings (SSSR count). The SMILES string of the molecule is CCC1(CC)CNc2ccc(F)c(Br)c2O1. The second kappa shape index (κ2) is 4.24. The van der Waals surface area contributed by atoms with E-state index in [0.717, 1.165) is 25.1 Å². The topological polar surface area (TPSA) is 21.3 Å². The van der Waals surface area contributed by atoms with Gasteiger partial charge in [0.25, 0.3) is 0 Å². The molecule has 1 heterocycles. The van der Waals surface area contributed by atoms with Gasteiger partial charge in [0.1, 0.15) is 11.4 Å². The molecular formula is C12H15BrFNO. The normalized spacial score (nSPS) is 17.2. The summed E-state index contributed by atoms with van der Waals surface area (Å²) in [6.45, 7) is 4.94. The van der Waals surface area contributed by atoms with Crippen molar-refractivity contribution in [3.8, 4) is 5.75 Å². The molecule has 1 N–H and O–H groups in total. The molecule has 0 spiro atoms. The highest BCUT2D eigenvalue weighted by molar-refractivity contribution is 9.10. The zero-order valence-electron chi connectivity index (χ0n) is 9.44. The number of rotatable bonds is 2. The molecule has 1 aliphatic rings. The van der Waals surface area contributed by atoms with Crippen LogP contribution < -0.4 is 10.1 Å². The van der Waals surface area contributed by atoms with Crippen LogP contribution in [0.2, 0.25) is 0 Å². The van der Waals surface area contributed by atoms with Crippen LogP contribution in [0.5, 0.6) is 5.75 Å². The Morgan fingerprint density at radius 2 is 2.12 bits per heavy atom. The standard InChI is InChI=1S/C12H15BrFNO/c1-3-12(4-2)7-15-9-6-5-8(14)10(13)11(9)16-12/h5-6,15H,3-4,7H2,1-2H3. The number of ether oxygens (including phenoxy) is 1. The molecule has 0 bridgehead atoms. The number of hydrogen-bond acceptors (Lipinski definition) is 2. The van der Waals surface area contributed by atoms with Gasteiger partial charge in [-0.05, 0) is 40.9 Å². The predicted molar refractivity (Wildman–Crippen MR) is 66.5 cm³/mol. The molecule has 0 saturated heterocycles. The summed E-state index contributed by atoms with van der Waals surface area (Å²) in [5, 5.41) is 3.30. The molecule has 4 heteroatoms. The van der Waals surface area contributed by atoms with Crippen molar-refractivity contribution >= 4 is 21.6 Å². The van der Waals surface area contributed by atoms with Gasteiger partial charge in [0.2, 0.25) is 0 Å². The highest BCUT2D eigenvalue weighted by Crippen LogP contribution is 2.42. The number of benzene rings is 1. The third kappa shape index (κ3) is 1.79. The average molecular weight is 288 g/mol. The summed E-state index contributed by atoms with van der Waals surface area (Å²) >= 11 is 3.24. The van der Waals surface area contributed by atoms with Crippen molar-refractivity contribution in [2.75, 3.05) is 11.9 Å². The van der Waals surface area contributed by atoms with Gasteiger partial charge >= 0.3 is 0 Å². The first-order chi connectivity index (χ1) is 7.62. The molecule has 0 radical (unpaired) electrons. The maximum Gasteiger partial charge on any atom is 0.160 e. The highest BCUT2D eigenvalue weighted by Gasteiger charge is 2.34. The molecule has 0 atom stereocenters. The van der Waals surface area contributed by atoms with Gasteiger partial charge in [-0.1, -0.05) is 13.8 Å². The van der Waals surface area contributed by atoms with Crippen LogP contribution in [-0.2, 0) is 0 Å². The van der Waals surface area contributed by atoms with E-state index in [1.807, 2.05) is 0 Å². The molecule has 0 unspecified atom stereocenters. The molecular weight excluding hydrogens is 273 g/mol. The lowest BCUT2D eigenvalue weighted by atomic mass is 9.95. The Labute approximate surface area is 103 Å². The molecule has 0 aliphatic carbocycles. The van der Waals surface area contributed by atoms with Crippen LogP contribution in [0, 0.1) is 5.82 Å². The fourth-order valence-electron chi connectivity index (χ4n) is 1.92. The first-order valence-electron chi connectivity index (χ1n) is 5.53. The molecule has 2 nitrogen and oxygen atoms in total. The first-order valence-corrected chi connectivity index (χ1v) is 6.32. The fourth-order valence-corrected chi connectivity index (χ4v) is 2.35. The summed E-state index contributed by atoms with van der Waals surface area (Å²) in [4.78, 5) is 0. The van der Waals surface area contributed by atoms with E-state index in [9.17, 15) is 4.39 Å². The van der Waals surface area contributed by atoms with Gasteiger partial charge in [-0.2, -0.15) is 0 Å². The minimum absolute atomic E-state index is 0.219. The Balaban J connectivity index is 2.42. The Kier molecular flexibility index (Phi) is 3.10. The summed E-state index contributed by atoms with van der Waals surface area (Å²) < 4.78 is 19.8. The van der Waals surface area contributed by atoms with Gasteiger partial charge in [-0.3, -0.25) is 0 Å². The van der Waals surface area contributed by atoms with Gasteiger partial charge in [0.05, 0.1) is 16.7 Å². The van der Waals surface area contributed by atoms with Gasteiger partial charge in [-0.25, -0.2) is 4.39 Å². The number of halogens is 2. The summed E-state index contributed by atoms with van der Waals surface area (Å²) in [6, 6.07) is 3.15. The molecule has 88 valence electrons. The number of nitrogens with one attached hydrogen (secondary N) is 1. The molecule has 0 saturated carbocycles. The smallest absolute Gasteiger partial charge is 0.160 e. The van der Waals surface area contributed by atoms with Crippen molar-refractivity contribution in [2.24, 2.45) is 0 Å². The Bertz CT molecular complexity index is 404. The van der Waals surface area contributed by atoms with Crippen LogP contribution in [-0.4, -0.2) is 12.1 Å². The number of fused-ring (bicyclic) bond motifs is 1. The molecule has 1 aromatic carbocycles. The monoisotopic (exact) mass is 287 g/mol. The molecule has 0 fully saturated rings. The first kappa shape index (κ1) is 11.7. The third-order valence-corrected chi connectivity index (χ3v) is 4.00. The van der Waals surface area contributed by atoms with Gasteiger partial charge in [0.15, 0.2) is 5.75 Å². The van der Waals surface area contributed by atoms with E-state index in [4.69, 9.17) is 4.74 Å². The van der Waals surface area contributed by atoms with Crippen LogP contribution in [0.25, 0.3) is 0 Å². The average Bonchev–Trinajstić information content (AvgIpc) is 2.34. The Morgan fingerprint density at radius 3 is 2.75 bits per heavy atom. The third-order valence-electron chi connectivity index (χ3n) is 3.26. The Morgan fingerprint density at radius 1 is 1.44 bits per heavy atom. The van der Waals surface area contributed by atoms with Gasteiger partial charge < -0.3 is 10.1 Å². The maximum atomic E-state index is 13.4. The lowest BCUT2D eigenvalue weighted by Gasteiger charge is -2.38. The minimum Gasteiger partial charge on any atom is -0.482 e. The largest absolute Gasteiger partial charge is 0.482 e. The van der Waals surface area contributed by atoms with Gasteiger partial charge in [0, 0.05) is 0 Å². The predicted octanol–water partition coefficient (Wildman–Crippen LogP) is 3.95. The van der Waals surface area contributed by atoms with Crippen LogP contribution in [0.3, 0.4) is 0 Å². The van der Waals surface area contributed by atoms with Crippen molar-refractivity contribution in [1.29, 1.82) is 0 Å². The van der Waals surface area contributed by atoms with Crippen LogP contribution >= 0.6 is 15.9 Å². The van der Waals surface area contributed by atoms with Crippen LogP contribution in [0.4, 0.5) is 10.1 Å². The van der Waals surface area contributed by atoms with Crippen LogP contribution in [0.1, 0.15) is 26.7 Å². The fraction of sp³-hybridized carbons (Fsp3) is 0.500. The second-order valence-electron chi connectivity index (χ2n) is 4.08. The zero-order valence-corrected chi connectivity index (χ0v) is 11.0. The van der Waals surface area contributed by atoms with Crippen molar-refractivity contribution in [2.45, 2.75) is 32.3 Å². The van der Waals surface area contributed by atoms with E-state index in [0.29, 0.717) is 10.2 Å². The lowest BCUT2D eigenvalue weighted by Crippen LogP contribution is -2.45. The second-order valence-corrected chi connectivity index (χ2v) is 4.88. The Hall–Kier alpha value is -0.770. The summed E-state index contributed by atoms with van der Waals surface area (Å²) in [5.41, 5.74) is 0.634. The molecule has 16 heavy (non-hydrogen) atoms. The van der Waals surface area contributed by atoms with Gasteiger partial charge in [-0.15, -0.1) is 0 Å².